The Labute approximate surface area is 320 Å². The summed E-state index contributed by atoms with van der Waals surface area (Å²) in [7, 11) is 0. The molecule has 53 heavy (non-hydrogen) atoms. The molecule has 9 aromatic rings. The van der Waals surface area contributed by atoms with Crippen LogP contribution in [0.2, 0.25) is 0 Å². The van der Waals surface area contributed by atoms with Crippen LogP contribution in [-0.4, -0.2) is 15.1 Å². The van der Waals surface area contributed by atoms with Gasteiger partial charge in [-0.3, -0.25) is 9.97 Å². The number of aromatic nitrogens is 2. The molecule has 6 heteroatoms. The van der Waals surface area contributed by atoms with Gasteiger partial charge >= 0.3 is 0 Å². The summed E-state index contributed by atoms with van der Waals surface area (Å²) < 4.78 is 21.2. The van der Waals surface area contributed by atoms with Gasteiger partial charge in [0.25, 0.3) is 0 Å². The fourth-order valence-electron chi connectivity index (χ4n) is 6.95. The van der Waals surface area contributed by atoms with Crippen LogP contribution >= 0.6 is 0 Å². The molecule has 3 aromatic heterocycles. The minimum atomic E-state index is -0.698. The number of furan rings is 1. The van der Waals surface area contributed by atoms with Crippen LogP contribution in [0.25, 0.3) is 89.1 Å². The molecular weight excluding hydrogens is 839 g/mol. The molecule has 9 rings (SSSR count). The molecule has 0 bridgehead atoms. The Balaban J connectivity index is 0.00000400. The molecule has 0 amide bonds. The predicted octanol–water partition coefficient (Wildman–Crippen LogP) is 12.3. The molecular formula is C47H30FN2O2Pt-. The van der Waals surface area contributed by atoms with Crippen LogP contribution in [0.3, 0.4) is 0 Å². The summed E-state index contributed by atoms with van der Waals surface area (Å²) in [5.41, 5.74) is 12.2. The first-order valence-electron chi connectivity index (χ1n) is 17.1. The number of aryl methyl sites for hydroxylation is 1. The molecule has 0 atom stereocenters. The van der Waals surface area contributed by atoms with Crippen molar-refractivity contribution in [2.45, 2.75) is 6.92 Å². The number of phenolic OH excluding ortho intramolecular Hbond substituents is 1. The van der Waals surface area contributed by atoms with E-state index in [1.807, 2.05) is 85.8 Å². The van der Waals surface area contributed by atoms with Crippen molar-refractivity contribution in [1.29, 1.82) is 0 Å². The summed E-state index contributed by atoms with van der Waals surface area (Å²) in [5, 5.41) is 12.8. The van der Waals surface area contributed by atoms with E-state index < -0.39 is 11.6 Å². The summed E-state index contributed by atoms with van der Waals surface area (Å²) >= 11 is 0. The van der Waals surface area contributed by atoms with E-state index >= 15 is 0 Å². The van der Waals surface area contributed by atoms with Gasteiger partial charge in [0.2, 0.25) is 0 Å². The van der Waals surface area contributed by atoms with E-state index in [0.717, 1.165) is 77.8 Å². The summed E-state index contributed by atoms with van der Waals surface area (Å²) in [6.45, 7) is 1.99. The molecule has 258 valence electrons. The van der Waals surface area contributed by atoms with Gasteiger partial charge in [-0.2, -0.15) is 0 Å². The summed E-state index contributed by atoms with van der Waals surface area (Å²) in [4.78, 5) is 9.85. The zero-order valence-electron chi connectivity index (χ0n) is 28.5. The number of phenols is 1. The number of halogens is 1. The number of rotatable bonds is 6. The minimum Gasteiger partial charge on any atom is -0.504 e. The summed E-state index contributed by atoms with van der Waals surface area (Å²) in [5.74, 6) is -1.13. The van der Waals surface area contributed by atoms with E-state index in [9.17, 15) is 9.50 Å². The van der Waals surface area contributed by atoms with Gasteiger partial charge in [0.15, 0.2) is 11.6 Å². The minimum absolute atomic E-state index is 0. The van der Waals surface area contributed by atoms with E-state index in [4.69, 9.17) is 14.4 Å². The van der Waals surface area contributed by atoms with Crippen LogP contribution < -0.4 is 0 Å². The number of pyridine rings is 2. The Morgan fingerprint density at radius 3 is 1.72 bits per heavy atom. The van der Waals surface area contributed by atoms with E-state index in [2.05, 4.69) is 66.7 Å². The molecule has 0 spiro atoms. The number of hydrogen-bond donors (Lipinski definition) is 1. The Bertz CT molecular complexity index is 2780. The van der Waals surface area contributed by atoms with Crippen LogP contribution in [0, 0.1) is 18.8 Å². The average molecular weight is 869 g/mol. The quantitative estimate of drug-likeness (QED) is 0.169. The second kappa shape index (κ2) is 14.1. The smallest absolute Gasteiger partial charge is 0.165 e. The largest absolute Gasteiger partial charge is 0.504 e. The molecule has 3 heterocycles. The number of hydrogen-bond acceptors (Lipinski definition) is 4. The third-order valence-corrected chi connectivity index (χ3v) is 9.42. The van der Waals surface area contributed by atoms with Gasteiger partial charge < -0.3 is 9.52 Å². The number of nitrogens with zero attached hydrogens (tertiary/aromatic N) is 2. The van der Waals surface area contributed by atoms with Crippen molar-refractivity contribution in [2.24, 2.45) is 0 Å². The molecule has 0 saturated carbocycles. The molecule has 0 fully saturated rings. The first-order valence-corrected chi connectivity index (χ1v) is 17.1. The third kappa shape index (κ3) is 6.34. The number of para-hydroxylation sites is 3. The van der Waals surface area contributed by atoms with Gasteiger partial charge in [-0.1, -0.05) is 126 Å². The van der Waals surface area contributed by atoms with Gasteiger partial charge in [0, 0.05) is 65.6 Å². The molecule has 0 unspecified atom stereocenters. The van der Waals surface area contributed by atoms with Gasteiger partial charge in [0.1, 0.15) is 11.2 Å². The topological polar surface area (TPSA) is 59.2 Å². The Kier molecular flexibility index (Phi) is 9.03. The maximum absolute atomic E-state index is 14.5. The normalized spacial score (nSPS) is 11.1. The van der Waals surface area contributed by atoms with Crippen LogP contribution in [0.4, 0.5) is 4.39 Å². The van der Waals surface area contributed by atoms with Crippen LogP contribution in [0.5, 0.6) is 5.75 Å². The maximum Gasteiger partial charge on any atom is 0.165 e. The van der Waals surface area contributed by atoms with E-state index in [-0.39, 0.29) is 21.1 Å². The zero-order chi connectivity index (χ0) is 35.2. The number of fused-ring (bicyclic) bond motifs is 3. The fraction of sp³-hybridized carbons (Fsp3) is 0.0213. The van der Waals surface area contributed by atoms with Crippen LogP contribution in [0.1, 0.15) is 5.69 Å². The Morgan fingerprint density at radius 1 is 0.509 bits per heavy atom. The van der Waals surface area contributed by atoms with Gasteiger partial charge in [-0.05, 0) is 53.4 Å². The van der Waals surface area contributed by atoms with Crippen molar-refractivity contribution in [2.75, 3.05) is 0 Å². The van der Waals surface area contributed by atoms with Gasteiger partial charge in [0.05, 0.1) is 5.69 Å². The summed E-state index contributed by atoms with van der Waals surface area (Å²) in [6.07, 6.45) is 0. The third-order valence-electron chi connectivity index (χ3n) is 9.42. The molecule has 4 nitrogen and oxygen atoms in total. The van der Waals surface area contributed by atoms with E-state index in [1.165, 1.54) is 6.07 Å². The van der Waals surface area contributed by atoms with E-state index in [0.29, 0.717) is 17.0 Å². The van der Waals surface area contributed by atoms with Gasteiger partial charge in [-0.25, -0.2) is 4.39 Å². The first-order chi connectivity index (χ1) is 25.5. The molecule has 0 radical (unpaired) electrons. The second-order valence-corrected chi connectivity index (χ2v) is 12.8. The monoisotopic (exact) mass is 868 g/mol. The molecule has 0 aliphatic rings. The standard InChI is InChI=1S/C47H30FN2O2.Pt/c1-29-24-35(37-19-10-21-39-38-20-9-18-36(46(38)52-47(37)39)31-14-6-3-7-15-31)28-42(49-29)32-16-8-17-33(25-32)43-26-34(30-12-4-2-5-13-30)27-44(50-43)40-22-11-23-41(48)45(40)51;/h2-24,26-28,51H,1H3;/q-1;. The Hall–Kier alpha value is -6.16. The Morgan fingerprint density at radius 2 is 1.04 bits per heavy atom. The summed E-state index contributed by atoms with van der Waals surface area (Å²) in [6, 6.07) is 54.8. The average Bonchev–Trinajstić information content (AvgIpc) is 3.58. The molecule has 0 aliphatic carbocycles. The van der Waals surface area contributed by atoms with Crippen molar-refractivity contribution in [1.82, 2.24) is 9.97 Å². The fourth-order valence-corrected chi connectivity index (χ4v) is 6.95. The van der Waals surface area contributed by atoms with Crippen molar-refractivity contribution in [3.05, 3.63) is 175 Å². The SMILES string of the molecule is Cc1cc(-c2cccc3c2oc2c(-c4ccccc4)cccc23)cc(-c2[c-]c(-c3cc(-c4ccccc4)cc(-c4cccc(F)c4O)n3)ccc2)n1.[Pt]. The van der Waals surface area contributed by atoms with Gasteiger partial charge in [-0.15, -0.1) is 24.3 Å². The second-order valence-electron chi connectivity index (χ2n) is 12.8. The zero-order valence-corrected chi connectivity index (χ0v) is 30.7. The molecule has 6 aromatic carbocycles. The molecule has 1 N–H and O–H groups in total. The van der Waals surface area contributed by atoms with Crippen molar-refractivity contribution in [3.63, 3.8) is 0 Å². The predicted molar refractivity (Wildman–Crippen MR) is 207 cm³/mol. The number of benzene rings is 6. The first kappa shape index (κ1) is 34.0. The van der Waals surface area contributed by atoms with Crippen molar-refractivity contribution < 1.29 is 35.0 Å². The van der Waals surface area contributed by atoms with Crippen molar-refractivity contribution >= 4 is 21.9 Å². The van der Waals surface area contributed by atoms with Crippen molar-refractivity contribution in [3.8, 4) is 72.9 Å². The van der Waals surface area contributed by atoms with E-state index in [1.54, 1.807) is 12.1 Å². The maximum atomic E-state index is 14.5. The van der Waals surface area contributed by atoms with Crippen LogP contribution in [0.15, 0.2) is 162 Å². The van der Waals surface area contributed by atoms with Crippen LogP contribution in [-0.2, 0) is 21.1 Å². The molecule has 0 aliphatic heterocycles. The number of aromatic hydroxyl groups is 1. The molecule has 0 saturated heterocycles.